The lowest BCUT2D eigenvalue weighted by atomic mass is 10.0. The van der Waals surface area contributed by atoms with Gasteiger partial charge in [-0.1, -0.05) is 0 Å². The van der Waals surface area contributed by atoms with E-state index in [1.54, 1.807) is 5.32 Å². The first-order valence-electron chi connectivity index (χ1n) is 4.45. The van der Waals surface area contributed by atoms with Gasteiger partial charge in [0, 0.05) is 0 Å². The fourth-order valence-electron chi connectivity index (χ4n) is 1.46. The number of hydrogen-bond acceptors (Lipinski definition) is 3. The van der Waals surface area contributed by atoms with E-state index in [2.05, 4.69) is 4.74 Å². The molecular formula is C8H9F6NO2. The number of nitrogens with one attached hydrogen (secondary N) is 1. The van der Waals surface area contributed by atoms with Crippen molar-refractivity contribution in [1.82, 2.24) is 5.32 Å². The molecule has 0 amide bonds. The maximum Gasteiger partial charge on any atom is 0.443 e. The van der Waals surface area contributed by atoms with Crippen molar-refractivity contribution in [3.05, 3.63) is 0 Å². The van der Waals surface area contributed by atoms with Gasteiger partial charge in [-0.2, -0.15) is 26.3 Å². The third-order valence-electron chi connectivity index (χ3n) is 2.20. The van der Waals surface area contributed by atoms with E-state index in [0.717, 1.165) is 13.8 Å². The third-order valence-corrected chi connectivity index (χ3v) is 2.20. The van der Waals surface area contributed by atoms with Crippen LogP contribution >= 0.6 is 0 Å². The van der Waals surface area contributed by atoms with Crippen molar-refractivity contribution < 1.29 is 35.9 Å². The molecule has 0 spiro atoms. The van der Waals surface area contributed by atoms with Crippen LogP contribution in [0.25, 0.3) is 0 Å². The van der Waals surface area contributed by atoms with Crippen LogP contribution in [0.4, 0.5) is 26.3 Å². The molecule has 1 saturated heterocycles. The summed E-state index contributed by atoms with van der Waals surface area (Å²) in [6.07, 6.45) is -12.8. The van der Waals surface area contributed by atoms with Gasteiger partial charge in [0.15, 0.2) is 0 Å². The van der Waals surface area contributed by atoms with E-state index in [0.29, 0.717) is 0 Å². The zero-order valence-corrected chi connectivity index (χ0v) is 8.79. The molecule has 0 aromatic heterocycles. The van der Waals surface area contributed by atoms with Crippen molar-refractivity contribution in [2.45, 2.75) is 43.9 Å². The summed E-state index contributed by atoms with van der Waals surface area (Å²) in [5, 5.41) is 1.57. The molecule has 0 radical (unpaired) electrons. The summed E-state index contributed by atoms with van der Waals surface area (Å²) in [6.45, 7) is 2.03. The van der Waals surface area contributed by atoms with Crippen molar-refractivity contribution in [3.63, 3.8) is 0 Å². The zero-order valence-electron chi connectivity index (χ0n) is 8.79. The number of ether oxygens (including phenoxy) is 1. The summed E-state index contributed by atoms with van der Waals surface area (Å²) in [6, 6.07) is 0. The number of cyclic esters (lactones) is 1. The molecule has 1 atom stereocenters. The fourth-order valence-corrected chi connectivity index (χ4v) is 1.46. The lowest BCUT2D eigenvalue weighted by molar-refractivity contribution is -0.298. The number of carbonyl (C=O) groups is 1. The summed E-state index contributed by atoms with van der Waals surface area (Å²) >= 11 is 0. The topological polar surface area (TPSA) is 38.3 Å². The molecule has 0 aliphatic carbocycles. The minimum absolute atomic E-state index is 1.01. The van der Waals surface area contributed by atoms with Crippen molar-refractivity contribution in [3.8, 4) is 0 Å². The van der Waals surface area contributed by atoms with Crippen LogP contribution in [-0.4, -0.2) is 29.6 Å². The number of hydrogen-bond donors (Lipinski definition) is 1. The largest absolute Gasteiger partial charge is 0.443 e. The second-order valence-corrected chi connectivity index (χ2v) is 4.26. The third kappa shape index (κ3) is 2.64. The molecule has 1 aliphatic heterocycles. The van der Waals surface area contributed by atoms with Crippen LogP contribution in [0.3, 0.4) is 0 Å². The van der Waals surface area contributed by atoms with Gasteiger partial charge in [-0.05, 0) is 13.8 Å². The molecule has 1 unspecified atom stereocenters. The Kier molecular flexibility index (Phi) is 2.90. The van der Waals surface area contributed by atoms with Gasteiger partial charge in [-0.15, -0.1) is 0 Å². The van der Waals surface area contributed by atoms with Gasteiger partial charge in [-0.25, -0.2) is 4.79 Å². The molecular weight excluding hydrogens is 256 g/mol. The summed E-state index contributed by atoms with van der Waals surface area (Å²) in [4.78, 5) is 11.1. The van der Waals surface area contributed by atoms with Crippen molar-refractivity contribution >= 4 is 5.97 Å². The normalized spacial score (nSPS) is 29.3. The minimum Gasteiger partial charge on any atom is -0.432 e. The number of rotatable bonds is 1. The van der Waals surface area contributed by atoms with Crippen molar-refractivity contribution in [2.75, 3.05) is 0 Å². The van der Waals surface area contributed by atoms with E-state index in [9.17, 15) is 31.1 Å². The fraction of sp³-hybridized carbons (Fsp3) is 0.875. The van der Waals surface area contributed by atoms with E-state index in [4.69, 9.17) is 0 Å². The molecule has 1 heterocycles. The Morgan fingerprint density at radius 3 is 1.88 bits per heavy atom. The van der Waals surface area contributed by atoms with Crippen molar-refractivity contribution in [1.29, 1.82) is 0 Å². The maximum absolute atomic E-state index is 12.6. The zero-order chi connectivity index (χ0) is 13.7. The SMILES string of the molecule is CC1(C)NC(CC(F)(F)F)(C(F)(F)F)OC1=O. The second kappa shape index (κ2) is 3.50. The molecule has 1 N–H and O–H groups in total. The van der Waals surface area contributed by atoms with Crippen LogP contribution in [0.15, 0.2) is 0 Å². The highest BCUT2D eigenvalue weighted by Gasteiger charge is 2.69. The Balaban J connectivity index is 3.12. The number of alkyl halides is 6. The Hall–Kier alpha value is -0.990. The van der Waals surface area contributed by atoms with E-state index in [-0.39, 0.29) is 0 Å². The number of halogens is 6. The maximum atomic E-state index is 12.6. The molecule has 0 aromatic carbocycles. The van der Waals surface area contributed by atoms with Gasteiger partial charge in [-0.3, -0.25) is 5.32 Å². The van der Waals surface area contributed by atoms with E-state index in [1.165, 1.54) is 0 Å². The smallest absolute Gasteiger partial charge is 0.432 e. The van der Waals surface area contributed by atoms with Crippen molar-refractivity contribution in [2.24, 2.45) is 0 Å². The molecule has 3 nitrogen and oxygen atoms in total. The molecule has 17 heavy (non-hydrogen) atoms. The molecule has 9 heteroatoms. The van der Waals surface area contributed by atoms with E-state index >= 15 is 0 Å². The summed E-state index contributed by atoms with van der Waals surface area (Å²) in [5.41, 5.74) is -5.52. The number of esters is 1. The van der Waals surface area contributed by atoms with Gasteiger partial charge in [0.25, 0.3) is 5.72 Å². The first-order valence-corrected chi connectivity index (χ1v) is 4.45. The lowest BCUT2D eigenvalue weighted by Gasteiger charge is -2.31. The van der Waals surface area contributed by atoms with E-state index in [1.807, 2.05) is 0 Å². The van der Waals surface area contributed by atoms with Gasteiger partial charge < -0.3 is 4.74 Å². The highest BCUT2D eigenvalue weighted by molar-refractivity contribution is 5.82. The first kappa shape index (κ1) is 14.1. The predicted molar refractivity (Wildman–Crippen MR) is 42.8 cm³/mol. The standard InChI is InChI=1S/C8H9F6NO2/c1-5(2)4(16)17-6(15-5,8(12,13)14)3-7(9,10)11/h15H,3H2,1-2H3. The molecule has 0 saturated carbocycles. The minimum atomic E-state index is -5.36. The van der Waals surface area contributed by atoms with Crippen LogP contribution in [0.5, 0.6) is 0 Å². The number of carbonyl (C=O) groups excluding carboxylic acids is 1. The highest BCUT2D eigenvalue weighted by atomic mass is 19.4. The highest BCUT2D eigenvalue weighted by Crippen LogP contribution is 2.44. The van der Waals surface area contributed by atoms with Gasteiger partial charge in [0.2, 0.25) is 0 Å². The molecule has 1 fully saturated rings. The molecule has 100 valence electrons. The average Bonchev–Trinajstić information content (AvgIpc) is 2.17. The average molecular weight is 265 g/mol. The quantitative estimate of drug-likeness (QED) is 0.583. The predicted octanol–water partition coefficient (Wildman–Crippen LogP) is 2.12. The molecule has 1 rings (SSSR count). The Labute approximate surface area is 92.1 Å². The second-order valence-electron chi connectivity index (χ2n) is 4.26. The van der Waals surface area contributed by atoms with Crippen LogP contribution in [0.1, 0.15) is 20.3 Å². The monoisotopic (exact) mass is 265 g/mol. The summed E-state index contributed by atoms with van der Waals surface area (Å²) in [7, 11) is 0. The van der Waals surface area contributed by atoms with E-state index < -0.39 is 36.0 Å². The van der Waals surface area contributed by atoms with Gasteiger partial charge in [0.05, 0.1) is 0 Å². The van der Waals surface area contributed by atoms with Gasteiger partial charge in [0.1, 0.15) is 12.0 Å². The van der Waals surface area contributed by atoms with Crippen LogP contribution in [0, 0.1) is 0 Å². The summed E-state index contributed by atoms with van der Waals surface area (Å²) in [5.74, 6) is -1.38. The van der Waals surface area contributed by atoms with Crippen LogP contribution in [-0.2, 0) is 9.53 Å². The Bertz CT molecular complexity index is 334. The summed E-state index contributed by atoms with van der Waals surface area (Å²) < 4.78 is 78.2. The Morgan fingerprint density at radius 2 is 1.65 bits per heavy atom. The van der Waals surface area contributed by atoms with Gasteiger partial charge >= 0.3 is 18.3 Å². The lowest BCUT2D eigenvalue weighted by Crippen LogP contribution is -2.59. The van der Waals surface area contributed by atoms with Crippen LogP contribution in [0.2, 0.25) is 0 Å². The first-order chi connectivity index (χ1) is 7.29. The Morgan fingerprint density at radius 1 is 1.18 bits per heavy atom. The molecule has 0 bridgehead atoms. The molecule has 1 aliphatic rings. The molecule has 0 aromatic rings. The van der Waals surface area contributed by atoms with Crippen LogP contribution < -0.4 is 5.32 Å².